The van der Waals surface area contributed by atoms with Gasteiger partial charge in [-0.2, -0.15) is 0 Å². The second kappa shape index (κ2) is 7.37. The Balaban J connectivity index is 1.89. The van der Waals surface area contributed by atoms with E-state index in [1.165, 1.54) is 11.8 Å². The van der Waals surface area contributed by atoms with Crippen LogP contribution < -0.4 is 5.32 Å². The highest BCUT2D eigenvalue weighted by atomic mass is 32.2. The monoisotopic (exact) mass is 293 g/mol. The summed E-state index contributed by atoms with van der Waals surface area (Å²) in [5.74, 6) is 0.895. The molecule has 2 aromatic heterocycles. The number of hydrogen-bond acceptors (Lipinski definition) is 6. The van der Waals surface area contributed by atoms with Crippen LogP contribution >= 0.6 is 11.8 Å². The van der Waals surface area contributed by atoms with Crippen LogP contribution in [-0.2, 0) is 18.3 Å². The fraction of sp³-hybridized carbons (Fsp3) is 0.462. The van der Waals surface area contributed by atoms with E-state index in [0.29, 0.717) is 6.61 Å². The number of aromatic nitrogens is 4. The van der Waals surface area contributed by atoms with Gasteiger partial charge in [-0.05, 0) is 30.3 Å². The largest absolute Gasteiger partial charge is 0.383 e. The molecule has 0 unspecified atom stereocenters. The first kappa shape index (κ1) is 15.0. The Bertz CT molecular complexity index is 540. The van der Waals surface area contributed by atoms with Crippen molar-refractivity contribution in [1.29, 1.82) is 0 Å². The van der Waals surface area contributed by atoms with Crippen LogP contribution in [0.15, 0.2) is 28.5 Å². The normalized spacial score (nSPS) is 10.9. The van der Waals surface area contributed by atoms with Crippen molar-refractivity contribution in [2.24, 2.45) is 7.05 Å². The molecule has 7 heteroatoms. The first-order chi connectivity index (χ1) is 9.70. The second-order valence-corrected chi connectivity index (χ2v) is 5.35. The molecular formula is C13H19N5OS. The van der Waals surface area contributed by atoms with Crippen molar-refractivity contribution in [3.63, 3.8) is 0 Å². The molecule has 0 aliphatic rings. The van der Waals surface area contributed by atoms with E-state index in [-0.39, 0.29) is 0 Å². The van der Waals surface area contributed by atoms with Gasteiger partial charge in [0.2, 0.25) is 0 Å². The average molecular weight is 293 g/mol. The maximum Gasteiger partial charge on any atom is 0.197 e. The Kier molecular flexibility index (Phi) is 5.51. The highest BCUT2D eigenvalue weighted by molar-refractivity contribution is 7.99. The van der Waals surface area contributed by atoms with E-state index in [0.717, 1.165) is 34.7 Å². The van der Waals surface area contributed by atoms with Crippen molar-refractivity contribution in [3.8, 4) is 0 Å². The van der Waals surface area contributed by atoms with E-state index in [9.17, 15) is 0 Å². The topological polar surface area (TPSA) is 64.9 Å². The van der Waals surface area contributed by atoms with Gasteiger partial charge < -0.3 is 14.6 Å². The molecule has 2 heterocycles. The third-order valence-corrected chi connectivity index (χ3v) is 3.85. The molecule has 6 nitrogen and oxygen atoms in total. The zero-order valence-electron chi connectivity index (χ0n) is 12.0. The van der Waals surface area contributed by atoms with Crippen LogP contribution in [0.25, 0.3) is 0 Å². The first-order valence-corrected chi connectivity index (χ1v) is 7.21. The minimum Gasteiger partial charge on any atom is -0.383 e. The molecule has 0 aromatic carbocycles. The summed E-state index contributed by atoms with van der Waals surface area (Å²) < 4.78 is 6.93. The summed E-state index contributed by atoms with van der Waals surface area (Å²) in [5.41, 5.74) is 1.15. The van der Waals surface area contributed by atoms with Crippen molar-refractivity contribution in [1.82, 2.24) is 25.1 Å². The molecule has 2 aromatic rings. The number of aryl methyl sites for hydroxylation is 1. The van der Waals surface area contributed by atoms with Crippen LogP contribution in [0.3, 0.4) is 0 Å². The molecule has 0 radical (unpaired) electrons. The number of pyridine rings is 1. The maximum atomic E-state index is 4.98. The van der Waals surface area contributed by atoms with E-state index in [2.05, 4.69) is 26.6 Å². The fourth-order valence-corrected chi connectivity index (χ4v) is 2.33. The highest BCUT2D eigenvalue weighted by Crippen LogP contribution is 2.23. The zero-order valence-corrected chi connectivity index (χ0v) is 12.8. The summed E-state index contributed by atoms with van der Waals surface area (Å²) in [6.45, 7) is 4.28. The Hall–Kier alpha value is -1.44. The van der Waals surface area contributed by atoms with Crippen LogP contribution in [-0.4, -0.2) is 40.0 Å². The van der Waals surface area contributed by atoms with E-state index >= 15 is 0 Å². The van der Waals surface area contributed by atoms with Crippen molar-refractivity contribution in [2.75, 3.05) is 20.3 Å². The Labute approximate surface area is 123 Å². The molecule has 0 saturated carbocycles. The van der Waals surface area contributed by atoms with Crippen LogP contribution in [0.2, 0.25) is 0 Å². The number of methoxy groups -OCH3 is 1. The van der Waals surface area contributed by atoms with Gasteiger partial charge in [-0.3, -0.25) is 0 Å². The Morgan fingerprint density at radius 2 is 2.20 bits per heavy atom. The van der Waals surface area contributed by atoms with Gasteiger partial charge in [0.25, 0.3) is 0 Å². The standard InChI is InChI=1S/C13H19N5OS/c1-10-16-17-13(18(10)2)20-12-5-4-11(9-15-12)8-14-6-7-19-3/h4-5,9,14H,6-8H2,1-3H3. The van der Waals surface area contributed by atoms with Gasteiger partial charge in [0.1, 0.15) is 10.9 Å². The summed E-state index contributed by atoms with van der Waals surface area (Å²) in [5, 5.41) is 13.2. The minimum absolute atomic E-state index is 0.715. The summed E-state index contributed by atoms with van der Waals surface area (Å²) in [6, 6.07) is 4.07. The summed E-state index contributed by atoms with van der Waals surface area (Å²) in [4.78, 5) is 4.43. The van der Waals surface area contributed by atoms with Crippen molar-refractivity contribution < 1.29 is 4.74 Å². The summed E-state index contributed by atoms with van der Waals surface area (Å²) >= 11 is 1.51. The molecule has 20 heavy (non-hydrogen) atoms. The lowest BCUT2D eigenvalue weighted by molar-refractivity contribution is 0.199. The lowest BCUT2D eigenvalue weighted by Crippen LogP contribution is -2.18. The fourth-order valence-electron chi connectivity index (χ4n) is 1.55. The number of ether oxygens (including phenoxy) is 1. The van der Waals surface area contributed by atoms with E-state index in [4.69, 9.17) is 4.74 Å². The van der Waals surface area contributed by atoms with Gasteiger partial charge in [-0.15, -0.1) is 10.2 Å². The van der Waals surface area contributed by atoms with Gasteiger partial charge in [0, 0.05) is 33.4 Å². The number of rotatable bonds is 7. The molecule has 2 rings (SSSR count). The molecule has 0 bridgehead atoms. The predicted octanol–water partition coefficient (Wildman–Crippen LogP) is 1.41. The van der Waals surface area contributed by atoms with E-state index in [1.807, 2.05) is 30.8 Å². The lowest BCUT2D eigenvalue weighted by atomic mass is 10.3. The van der Waals surface area contributed by atoms with Crippen molar-refractivity contribution >= 4 is 11.8 Å². The SMILES string of the molecule is COCCNCc1ccc(Sc2nnc(C)n2C)nc1. The lowest BCUT2D eigenvalue weighted by Gasteiger charge is -2.05. The van der Waals surface area contributed by atoms with Gasteiger partial charge in [-0.25, -0.2) is 4.98 Å². The van der Waals surface area contributed by atoms with Gasteiger partial charge in [0.05, 0.1) is 6.61 Å². The van der Waals surface area contributed by atoms with Crippen molar-refractivity contribution in [3.05, 3.63) is 29.7 Å². The maximum absolute atomic E-state index is 4.98. The first-order valence-electron chi connectivity index (χ1n) is 6.39. The molecule has 0 aliphatic carbocycles. The summed E-state index contributed by atoms with van der Waals surface area (Å²) in [7, 11) is 3.65. The zero-order chi connectivity index (χ0) is 14.4. The second-order valence-electron chi connectivity index (χ2n) is 4.37. The third-order valence-electron chi connectivity index (χ3n) is 2.86. The molecule has 0 saturated heterocycles. The molecule has 0 aliphatic heterocycles. The Morgan fingerprint density at radius 3 is 2.80 bits per heavy atom. The molecule has 1 N–H and O–H groups in total. The number of nitrogens with one attached hydrogen (secondary N) is 1. The summed E-state index contributed by atoms with van der Waals surface area (Å²) in [6.07, 6.45) is 1.88. The van der Waals surface area contributed by atoms with Crippen LogP contribution in [0.5, 0.6) is 0 Å². The molecule has 108 valence electrons. The molecule has 0 fully saturated rings. The molecule has 0 atom stereocenters. The minimum atomic E-state index is 0.715. The third kappa shape index (κ3) is 4.03. The van der Waals surface area contributed by atoms with E-state index < -0.39 is 0 Å². The van der Waals surface area contributed by atoms with Crippen LogP contribution in [0, 0.1) is 6.92 Å². The number of hydrogen-bond donors (Lipinski definition) is 1. The number of nitrogens with zero attached hydrogens (tertiary/aromatic N) is 4. The highest BCUT2D eigenvalue weighted by Gasteiger charge is 2.07. The predicted molar refractivity (Wildman–Crippen MR) is 77.7 cm³/mol. The van der Waals surface area contributed by atoms with Gasteiger partial charge in [0.15, 0.2) is 5.16 Å². The smallest absolute Gasteiger partial charge is 0.197 e. The van der Waals surface area contributed by atoms with E-state index in [1.54, 1.807) is 7.11 Å². The van der Waals surface area contributed by atoms with Crippen LogP contribution in [0.1, 0.15) is 11.4 Å². The molecule has 0 amide bonds. The quantitative estimate of drug-likeness (QED) is 0.779. The van der Waals surface area contributed by atoms with Crippen molar-refractivity contribution in [2.45, 2.75) is 23.7 Å². The molecule has 0 spiro atoms. The Morgan fingerprint density at radius 1 is 1.35 bits per heavy atom. The average Bonchev–Trinajstić information content (AvgIpc) is 2.77. The van der Waals surface area contributed by atoms with Gasteiger partial charge >= 0.3 is 0 Å². The van der Waals surface area contributed by atoms with Gasteiger partial charge in [-0.1, -0.05) is 6.07 Å². The van der Waals surface area contributed by atoms with Crippen LogP contribution in [0.4, 0.5) is 0 Å². The molecular weight excluding hydrogens is 274 g/mol.